The van der Waals surface area contributed by atoms with E-state index in [2.05, 4.69) is 30.1 Å². The molecule has 1 aromatic heterocycles. The molecule has 2 aromatic carbocycles. The minimum absolute atomic E-state index is 0.726. The second kappa shape index (κ2) is 6.20. The molecular weight excluding hydrogens is 294 g/mol. The van der Waals surface area contributed by atoms with E-state index in [1.165, 1.54) is 10.3 Å². The second-order valence-electron chi connectivity index (χ2n) is 4.97. The Morgan fingerprint density at radius 1 is 0.955 bits per heavy atom. The van der Waals surface area contributed by atoms with Crippen LogP contribution in [0.4, 0.5) is 0 Å². The minimum Gasteiger partial charge on any atom is -0.493 e. The van der Waals surface area contributed by atoms with E-state index in [0.717, 1.165) is 27.6 Å². The third-order valence-electron chi connectivity index (χ3n) is 3.39. The van der Waals surface area contributed by atoms with Crippen molar-refractivity contribution in [1.29, 1.82) is 0 Å². The highest BCUT2D eigenvalue weighted by molar-refractivity contribution is 7.19. The fourth-order valence-corrected chi connectivity index (χ4v) is 3.10. The van der Waals surface area contributed by atoms with Crippen LogP contribution < -0.4 is 9.47 Å². The van der Waals surface area contributed by atoms with Crippen LogP contribution in [-0.4, -0.2) is 19.2 Å². The molecule has 0 atom stereocenters. The van der Waals surface area contributed by atoms with Gasteiger partial charge in [-0.25, -0.2) is 4.98 Å². The second-order valence-corrected chi connectivity index (χ2v) is 6.03. The van der Waals surface area contributed by atoms with Crippen LogP contribution in [0.5, 0.6) is 11.5 Å². The molecule has 4 heteroatoms. The standard InChI is InChI=1S/C18H17NO2S/c1-12-4-8-17-14(10-12)19-18(22-17)9-6-13-5-7-15(20-2)16(11-13)21-3/h4-11H,1-3H3/b9-6+. The molecule has 0 unspecified atom stereocenters. The average Bonchev–Trinajstić information content (AvgIpc) is 2.94. The maximum absolute atomic E-state index is 5.32. The van der Waals surface area contributed by atoms with E-state index >= 15 is 0 Å². The molecule has 0 aliphatic carbocycles. The minimum atomic E-state index is 0.726. The number of hydrogen-bond donors (Lipinski definition) is 0. The molecule has 1 heterocycles. The van der Waals surface area contributed by atoms with Crippen molar-refractivity contribution in [1.82, 2.24) is 4.98 Å². The summed E-state index contributed by atoms with van der Waals surface area (Å²) in [7, 11) is 3.28. The Bertz CT molecular complexity index is 836. The van der Waals surface area contributed by atoms with Crippen LogP contribution in [-0.2, 0) is 0 Å². The van der Waals surface area contributed by atoms with Gasteiger partial charge in [0.15, 0.2) is 11.5 Å². The number of thiazole rings is 1. The van der Waals surface area contributed by atoms with Gasteiger partial charge >= 0.3 is 0 Å². The number of methoxy groups -OCH3 is 2. The lowest BCUT2D eigenvalue weighted by Gasteiger charge is -2.07. The smallest absolute Gasteiger partial charge is 0.161 e. The highest BCUT2D eigenvalue weighted by Crippen LogP contribution is 2.29. The zero-order chi connectivity index (χ0) is 15.5. The Balaban J connectivity index is 1.89. The first-order valence-corrected chi connectivity index (χ1v) is 7.78. The van der Waals surface area contributed by atoms with Crippen LogP contribution in [0.3, 0.4) is 0 Å². The van der Waals surface area contributed by atoms with Crippen molar-refractivity contribution in [2.45, 2.75) is 6.92 Å². The molecule has 112 valence electrons. The first-order valence-electron chi connectivity index (χ1n) is 6.97. The van der Waals surface area contributed by atoms with Gasteiger partial charge in [-0.2, -0.15) is 0 Å². The lowest BCUT2D eigenvalue weighted by atomic mass is 10.2. The highest BCUT2D eigenvalue weighted by Gasteiger charge is 2.04. The first-order chi connectivity index (χ1) is 10.7. The molecule has 3 aromatic rings. The van der Waals surface area contributed by atoms with E-state index in [1.54, 1.807) is 25.6 Å². The van der Waals surface area contributed by atoms with Crippen molar-refractivity contribution in [2.75, 3.05) is 14.2 Å². The molecule has 0 saturated carbocycles. The van der Waals surface area contributed by atoms with Crippen LogP contribution in [0.15, 0.2) is 36.4 Å². The molecule has 0 radical (unpaired) electrons. The Morgan fingerprint density at radius 2 is 1.77 bits per heavy atom. The van der Waals surface area contributed by atoms with Crippen LogP contribution in [0.1, 0.15) is 16.1 Å². The molecular formula is C18H17NO2S. The number of ether oxygens (including phenoxy) is 2. The van der Waals surface area contributed by atoms with Crippen molar-refractivity contribution in [2.24, 2.45) is 0 Å². The van der Waals surface area contributed by atoms with E-state index in [-0.39, 0.29) is 0 Å². The third-order valence-corrected chi connectivity index (χ3v) is 4.39. The first kappa shape index (κ1) is 14.6. The molecule has 0 saturated heterocycles. The van der Waals surface area contributed by atoms with Gasteiger partial charge in [-0.05, 0) is 48.4 Å². The Hall–Kier alpha value is -2.33. The Labute approximate surface area is 133 Å². The van der Waals surface area contributed by atoms with Crippen molar-refractivity contribution in [3.8, 4) is 11.5 Å². The van der Waals surface area contributed by atoms with Crippen molar-refractivity contribution >= 4 is 33.7 Å². The summed E-state index contributed by atoms with van der Waals surface area (Å²) < 4.78 is 11.8. The Kier molecular flexibility index (Phi) is 4.11. The number of rotatable bonds is 4. The van der Waals surface area contributed by atoms with E-state index in [4.69, 9.17) is 9.47 Å². The summed E-state index contributed by atoms with van der Waals surface area (Å²) in [5.74, 6) is 1.46. The molecule has 22 heavy (non-hydrogen) atoms. The number of fused-ring (bicyclic) bond motifs is 1. The quantitative estimate of drug-likeness (QED) is 0.694. The van der Waals surface area contributed by atoms with E-state index in [9.17, 15) is 0 Å². The molecule has 0 amide bonds. The SMILES string of the molecule is COc1ccc(/C=C/c2nc3cc(C)ccc3s2)cc1OC. The van der Waals surface area contributed by atoms with Gasteiger partial charge in [-0.3, -0.25) is 0 Å². The van der Waals surface area contributed by atoms with Crippen LogP contribution in [0.25, 0.3) is 22.4 Å². The summed E-state index contributed by atoms with van der Waals surface area (Å²) in [6, 6.07) is 12.2. The molecule has 3 nitrogen and oxygen atoms in total. The molecule has 0 aliphatic heterocycles. The predicted molar refractivity (Wildman–Crippen MR) is 92.8 cm³/mol. The average molecular weight is 311 g/mol. The van der Waals surface area contributed by atoms with Gasteiger partial charge in [0.1, 0.15) is 5.01 Å². The molecule has 3 rings (SSSR count). The van der Waals surface area contributed by atoms with Crippen molar-refractivity contribution in [3.05, 3.63) is 52.5 Å². The largest absolute Gasteiger partial charge is 0.493 e. The number of nitrogens with zero attached hydrogens (tertiary/aromatic N) is 1. The summed E-state index contributed by atoms with van der Waals surface area (Å²) in [5, 5.41) is 0.996. The van der Waals surface area contributed by atoms with Crippen molar-refractivity contribution in [3.63, 3.8) is 0 Å². The van der Waals surface area contributed by atoms with Gasteiger partial charge in [0.2, 0.25) is 0 Å². The molecule has 0 bridgehead atoms. The fraction of sp³-hybridized carbons (Fsp3) is 0.167. The maximum Gasteiger partial charge on any atom is 0.161 e. The van der Waals surface area contributed by atoms with Gasteiger partial charge in [0.25, 0.3) is 0 Å². The van der Waals surface area contributed by atoms with Gasteiger partial charge < -0.3 is 9.47 Å². The number of hydrogen-bond acceptors (Lipinski definition) is 4. The van der Waals surface area contributed by atoms with Crippen LogP contribution in [0, 0.1) is 6.92 Å². The van der Waals surface area contributed by atoms with Crippen molar-refractivity contribution < 1.29 is 9.47 Å². The van der Waals surface area contributed by atoms with Crippen LogP contribution >= 0.6 is 11.3 Å². The summed E-state index contributed by atoms with van der Waals surface area (Å²) in [5.41, 5.74) is 3.33. The summed E-state index contributed by atoms with van der Waals surface area (Å²) in [4.78, 5) is 4.64. The maximum atomic E-state index is 5.32. The van der Waals surface area contributed by atoms with E-state index in [1.807, 2.05) is 30.4 Å². The monoisotopic (exact) mass is 311 g/mol. The Morgan fingerprint density at radius 3 is 2.55 bits per heavy atom. The summed E-state index contributed by atoms with van der Waals surface area (Å²) in [6.45, 7) is 2.08. The third kappa shape index (κ3) is 2.97. The van der Waals surface area contributed by atoms with Crippen LogP contribution in [0.2, 0.25) is 0 Å². The summed E-state index contributed by atoms with van der Waals surface area (Å²) >= 11 is 1.69. The van der Waals surface area contributed by atoms with Gasteiger partial charge in [-0.15, -0.1) is 11.3 Å². The molecule has 0 aliphatic rings. The fourth-order valence-electron chi connectivity index (χ4n) is 2.25. The number of aromatic nitrogens is 1. The molecule has 0 fully saturated rings. The highest BCUT2D eigenvalue weighted by atomic mass is 32.1. The normalized spacial score (nSPS) is 11.2. The lowest BCUT2D eigenvalue weighted by Crippen LogP contribution is -1.90. The van der Waals surface area contributed by atoms with Gasteiger partial charge in [0, 0.05) is 0 Å². The van der Waals surface area contributed by atoms with Gasteiger partial charge in [-0.1, -0.05) is 18.2 Å². The van der Waals surface area contributed by atoms with Gasteiger partial charge in [0.05, 0.1) is 24.4 Å². The summed E-state index contributed by atoms with van der Waals surface area (Å²) in [6.07, 6.45) is 4.06. The predicted octanol–water partition coefficient (Wildman–Crippen LogP) is 4.79. The van der Waals surface area contributed by atoms with E-state index < -0.39 is 0 Å². The molecule has 0 spiro atoms. The lowest BCUT2D eigenvalue weighted by molar-refractivity contribution is 0.355. The zero-order valence-corrected chi connectivity index (χ0v) is 13.6. The topological polar surface area (TPSA) is 31.4 Å². The molecule has 0 N–H and O–H groups in total. The number of benzene rings is 2. The zero-order valence-electron chi connectivity index (χ0n) is 12.8. The van der Waals surface area contributed by atoms with E-state index in [0.29, 0.717) is 0 Å². The number of aryl methyl sites for hydroxylation is 1.